The second-order valence-electron chi connectivity index (χ2n) is 8.22. The lowest BCUT2D eigenvalue weighted by Gasteiger charge is -2.20. The molecule has 0 aliphatic heterocycles. The van der Waals surface area contributed by atoms with Gasteiger partial charge in [0.25, 0.3) is 0 Å². The first-order chi connectivity index (χ1) is 17.1. The number of allylic oxidation sites excluding steroid dienone is 1. The van der Waals surface area contributed by atoms with Crippen LogP contribution in [0.4, 0.5) is 4.39 Å². The molecule has 9 heteroatoms. The summed E-state index contributed by atoms with van der Waals surface area (Å²) in [5.74, 6) is 0.484. The Morgan fingerprint density at radius 1 is 0.972 bits per heavy atom. The van der Waals surface area contributed by atoms with Crippen LogP contribution in [0.15, 0.2) is 60.2 Å². The smallest absolute Gasteiger partial charge is 0.306 e. The number of benzene rings is 3. The van der Waals surface area contributed by atoms with Crippen molar-refractivity contribution in [1.82, 2.24) is 0 Å². The van der Waals surface area contributed by atoms with E-state index in [4.69, 9.17) is 18.4 Å². The molecule has 0 saturated heterocycles. The van der Waals surface area contributed by atoms with Gasteiger partial charge in [-0.1, -0.05) is 23.8 Å². The van der Waals surface area contributed by atoms with Crippen LogP contribution in [0.3, 0.4) is 0 Å². The summed E-state index contributed by atoms with van der Waals surface area (Å²) < 4.78 is 59.4. The average Bonchev–Trinajstić information content (AvgIpc) is 2.82. The number of hydrogen-bond donors (Lipinski definition) is 1. The van der Waals surface area contributed by atoms with Gasteiger partial charge >= 0.3 is 10.1 Å². The Bertz CT molecular complexity index is 1360. The van der Waals surface area contributed by atoms with E-state index in [2.05, 4.69) is 0 Å². The molecule has 0 aromatic heterocycles. The van der Waals surface area contributed by atoms with Gasteiger partial charge in [0.1, 0.15) is 23.9 Å². The number of aliphatic hydroxyl groups is 1. The summed E-state index contributed by atoms with van der Waals surface area (Å²) in [6.45, 7) is 3.71. The van der Waals surface area contributed by atoms with Gasteiger partial charge in [-0.05, 0) is 61.4 Å². The fourth-order valence-electron chi connectivity index (χ4n) is 3.71. The topological polar surface area (TPSA) is 91.3 Å². The predicted octanol–water partition coefficient (Wildman–Crippen LogP) is 5.35. The molecule has 0 bridgehead atoms. The van der Waals surface area contributed by atoms with Crippen LogP contribution in [0.5, 0.6) is 23.0 Å². The van der Waals surface area contributed by atoms with Gasteiger partial charge in [-0.25, -0.2) is 4.39 Å². The van der Waals surface area contributed by atoms with Crippen LogP contribution in [0, 0.1) is 5.82 Å². The zero-order chi connectivity index (χ0) is 26.5. The third-order valence-corrected chi connectivity index (χ3v) is 5.78. The van der Waals surface area contributed by atoms with Crippen LogP contribution < -0.4 is 18.4 Å². The number of ether oxygens (including phenoxy) is 3. The molecule has 0 spiro atoms. The number of hydrogen-bond acceptors (Lipinski definition) is 7. The van der Waals surface area contributed by atoms with E-state index in [1.165, 1.54) is 38.5 Å². The molecule has 0 atom stereocenters. The zero-order valence-electron chi connectivity index (χ0n) is 20.8. The molecular weight excluding hydrogens is 487 g/mol. The number of methoxy groups -OCH3 is 2. The summed E-state index contributed by atoms with van der Waals surface area (Å²) in [6.07, 6.45) is 2.81. The second kappa shape index (κ2) is 11.5. The van der Waals surface area contributed by atoms with Crippen molar-refractivity contribution in [2.24, 2.45) is 0 Å². The maximum atomic E-state index is 14.9. The minimum atomic E-state index is -3.66. The lowest BCUT2D eigenvalue weighted by atomic mass is 9.92. The summed E-state index contributed by atoms with van der Waals surface area (Å²) >= 11 is 0. The standard InChI is InChI=1S/C27H29FO7S/c1-17(2)12-13-34-24-11-8-19(14-23(24)28)26-22(16-29)27(33-4)21(15-25(26)32-3)18-6-9-20(10-7-18)35-36(5,30)31/h6-12,14-15,29H,13,16H2,1-5H3. The van der Waals surface area contributed by atoms with Crippen molar-refractivity contribution in [2.45, 2.75) is 20.5 Å². The largest absolute Gasteiger partial charge is 0.496 e. The van der Waals surface area contributed by atoms with Gasteiger partial charge in [-0.15, -0.1) is 0 Å². The van der Waals surface area contributed by atoms with Crippen molar-refractivity contribution >= 4 is 10.1 Å². The van der Waals surface area contributed by atoms with Crippen molar-refractivity contribution < 1.29 is 36.3 Å². The molecule has 3 aromatic carbocycles. The molecular formula is C27H29FO7S. The van der Waals surface area contributed by atoms with Gasteiger partial charge in [0.15, 0.2) is 11.6 Å². The Morgan fingerprint density at radius 3 is 2.17 bits per heavy atom. The third kappa shape index (κ3) is 6.35. The van der Waals surface area contributed by atoms with Crippen molar-refractivity contribution in [3.63, 3.8) is 0 Å². The second-order valence-corrected chi connectivity index (χ2v) is 9.80. The summed E-state index contributed by atoms with van der Waals surface area (Å²) in [7, 11) is -0.714. The highest BCUT2D eigenvalue weighted by Gasteiger charge is 2.22. The fourth-order valence-corrected chi connectivity index (χ4v) is 4.17. The van der Waals surface area contributed by atoms with E-state index in [-0.39, 0.29) is 18.1 Å². The Morgan fingerprint density at radius 2 is 1.64 bits per heavy atom. The van der Waals surface area contributed by atoms with Gasteiger partial charge in [-0.3, -0.25) is 0 Å². The van der Waals surface area contributed by atoms with Crippen LogP contribution in [0.2, 0.25) is 0 Å². The highest BCUT2D eigenvalue weighted by atomic mass is 32.2. The normalized spacial score (nSPS) is 11.1. The molecule has 0 aliphatic carbocycles. The van der Waals surface area contributed by atoms with E-state index in [1.54, 1.807) is 24.3 Å². The van der Waals surface area contributed by atoms with Crippen LogP contribution >= 0.6 is 0 Å². The van der Waals surface area contributed by atoms with E-state index >= 15 is 0 Å². The molecule has 0 fully saturated rings. The Kier molecular flexibility index (Phi) is 8.60. The molecule has 0 saturated carbocycles. The molecule has 0 unspecified atom stereocenters. The highest BCUT2D eigenvalue weighted by molar-refractivity contribution is 7.86. The van der Waals surface area contributed by atoms with Gasteiger partial charge in [-0.2, -0.15) is 8.42 Å². The van der Waals surface area contributed by atoms with Crippen LogP contribution in [0.25, 0.3) is 22.3 Å². The lowest BCUT2D eigenvalue weighted by molar-refractivity contribution is 0.273. The van der Waals surface area contributed by atoms with Crippen LogP contribution in [0.1, 0.15) is 19.4 Å². The van der Waals surface area contributed by atoms with Gasteiger partial charge in [0.05, 0.1) is 27.1 Å². The summed E-state index contributed by atoms with van der Waals surface area (Å²) in [5.41, 5.74) is 3.68. The van der Waals surface area contributed by atoms with Gasteiger partial charge < -0.3 is 23.5 Å². The Hall–Kier alpha value is -3.56. The zero-order valence-corrected chi connectivity index (χ0v) is 21.6. The molecule has 192 valence electrons. The lowest BCUT2D eigenvalue weighted by Crippen LogP contribution is -2.05. The number of aliphatic hydroxyl groups excluding tert-OH is 1. The first kappa shape index (κ1) is 27.0. The summed E-state index contributed by atoms with van der Waals surface area (Å²) in [5, 5.41) is 10.3. The highest BCUT2D eigenvalue weighted by Crippen LogP contribution is 2.46. The van der Waals surface area contributed by atoms with E-state index in [0.29, 0.717) is 39.3 Å². The first-order valence-corrected chi connectivity index (χ1v) is 12.8. The average molecular weight is 517 g/mol. The minimum Gasteiger partial charge on any atom is -0.496 e. The quantitative estimate of drug-likeness (QED) is 0.287. The van der Waals surface area contributed by atoms with Crippen LogP contribution in [-0.2, 0) is 16.7 Å². The van der Waals surface area contributed by atoms with E-state index in [0.717, 1.165) is 11.8 Å². The van der Waals surface area contributed by atoms with Gasteiger partial charge in [0.2, 0.25) is 0 Å². The Balaban J connectivity index is 2.09. The van der Waals surface area contributed by atoms with Crippen molar-refractivity contribution in [3.05, 3.63) is 71.6 Å². The Labute approximate surface area is 210 Å². The monoisotopic (exact) mass is 516 g/mol. The maximum absolute atomic E-state index is 14.9. The summed E-state index contributed by atoms with van der Waals surface area (Å²) in [6, 6.07) is 12.6. The predicted molar refractivity (Wildman–Crippen MR) is 137 cm³/mol. The molecule has 3 aromatic rings. The van der Waals surface area contributed by atoms with E-state index in [9.17, 15) is 17.9 Å². The van der Waals surface area contributed by atoms with E-state index in [1.807, 2.05) is 19.9 Å². The molecule has 1 N–H and O–H groups in total. The summed E-state index contributed by atoms with van der Waals surface area (Å²) in [4.78, 5) is 0. The molecule has 0 heterocycles. The molecule has 0 amide bonds. The van der Waals surface area contributed by atoms with Crippen molar-refractivity contribution in [2.75, 3.05) is 27.1 Å². The number of halogens is 1. The number of rotatable bonds is 10. The fraction of sp³-hybridized carbons (Fsp3) is 0.259. The molecule has 36 heavy (non-hydrogen) atoms. The van der Waals surface area contributed by atoms with Crippen molar-refractivity contribution in [1.29, 1.82) is 0 Å². The SMILES string of the molecule is COc1cc(-c2ccc(OS(C)(=O)=O)cc2)c(OC)c(CO)c1-c1ccc(OCC=C(C)C)c(F)c1. The van der Waals surface area contributed by atoms with Gasteiger partial charge in [0, 0.05) is 16.7 Å². The maximum Gasteiger partial charge on any atom is 0.306 e. The molecule has 7 nitrogen and oxygen atoms in total. The third-order valence-electron chi connectivity index (χ3n) is 5.29. The van der Waals surface area contributed by atoms with Crippen molar-refractivity contribution in [3.8, 4) is 45.3 Å². The van der Waals surface area contributed by atoms with Crippen LogP contribution in [-0.4, -0.2) is 40.6 Å². The molecule has 0 aliphatic rings. The molecule has 3 rings (SSSR count). The minimum absolute atomic E-state index is 0.112. The molecule has 0 radical (unpaired) electrons. The first-order valence-electron chi connectivity index (χ1n) is 11.0. The van der Waals surface area contributed by atoms with E-state index < -0.39 is 22.5 Å².